The third-order valence-corrected chi connectivity index (χ3v) is 0. The van der Waals surface area contributed by atoms with Crippen molar-refractivity contribution in [2.24, 2.45) is 0 Å². The molecule has 0 aliphatic carbocycles. The van der Waals surface area contributed by atoms with E-state index in [1.54, 1.807) is 0 Å². The predicted molar refractivity (Wildman–Crippen MR) is 17.1 cm³/mol. The van der Waals surface area contributed by atoms with Gasteiger partial charge in [-0.15, -0.1) is 0 Å². The third-order valence-electron chi connectivity index (χ3n) is 0. The molecule has 0 heterocycles. The summed E-state index contributed by atoms with van der Waals surface area (Å²) < 4.78 is 0. The summed E-state index contributed by atoms with van der Waals surface area (Å²) in [5, 5.41) is 0. The Morgan fingerprint density at radius 1 is 0.750 bits per heavy atom. The largest absolute Gasteiger partial charge is 2.00 e. The molecular weight excluding hydrogens is 123 g/mol. The molecule has 0 spiro atoms. The first-order valence-electron chi connectivity index (χ1n) is 0. The van der Waals surface area contributed by atoms with Gasteiger partial charge in [-0.2, -0.15) is 0 Å². The summed E-state index contributed by atoms with van der Waals surface area (Å²) in [7, 11) is 0. The smallest absolute Gasteiger partial charge is 1.00 e. The summed E-state index contributed by atoms with van der Waals surface area (Å²) in [4.78, 5) is 0. The van der Waals surface area contributed by atoms with Crippen LogP contribution in [0.3, 0.4) is 0 Å². The molecule has 0 amide bonds. The molecular formula is H4Cl2MgSi. The van der Waals surface area contributed by atoms with E-state index < -0.39 is 0 Å². The van der Waals surface area contributed by atoms with Gasteiger partial charge in [-0.05, 0) is 11.0 Å². The van der Waals surface area contributed by atoms with Crippen LogP contribution in [-0.4, -0.2) is 34.0 Å². The van der Waals surface area contributed by atoms with E-state index in [9.17, 15) is 0 Å². The van der Waals surface area contributed by atoms with Gasteiger partial charge in [-0.1, -0.05) is 0 Å². The summed E-state index contributed by atoms with van der Waals surface area (Å²) in [6, 6.07) is 0. The molecule has 0 N–H and O–H groups in total. The molecule has 0 saturated heterocycles. The van der Waals surface area contributed by atoms with Crippen LogP contribution in [0.15, 0.2) is 0 Å². The van der Waals surface area contributed by atoms with Crippen molar-refractivity contribution < 1.29 is 24.8 Å². The van der Waals surface area contributed by atoms with Gasteiger partial charge >= 0.3 is 23.1 Å². The maximum Gasteiger partial charge on any atom is 2.00 e. The molecule has 0 aromatic heterocycles. The van der Waals surface area contributed by atoms with E-state index in [1.807, 2.05) is 0 Å². The fourth-order valence-electron chi connectivity index (χ4n) is 0. The SMILES string of the molecule is [Cl-].[Cl-].[Mg+2].[SiH4]. The molecule has 4 heteroatoms. The fraction of sp³-hybridized carbons (Fsp3) is 0. The van der Waals surface area contributed by atoms with Gasteiger partial charge < -0.3 is 24.8 Å². The second-order valence-corrected chi connectivity index (χ2v) is 0. The summed E-state index contributed by atoms with van der Waals surface area (Å²) in [6.45, 7) is 0. The van der Waals surface area contributed by atoms with Crippen molar-refractivity contribution in [3.05, 3.63) is 0 Å². The molecule has 0 unspecified atom stereocenters. The average molecular weight is 127 g/mol. The van der Waals surface area contributed by atoms with Gasteiger partial charge in [0.15, 0.2) is 0 Å². The molecule has 0 rings (SSSR count). The number of hydrogen-bond donors (Lipinski definition) is 0. The maximum absolute atomic E-state index is 0. The molecule has 0 aromatic carbocycles. The minimum atomic E-state index is 0. The number of halogens is 2. The first-order chi connectivity index (χ1) is 0. The minimum Gasteiger partial charge on any atom is -1.00 e. The van der Waals surface area contributed by atoms with Crippen LogP contribution in [0.25, 0.3) is 0 Å². The Labute approximate surface area is 58.7 Å². The zero-order valence-corrected chi connectivity index (χ0v) is 4.39. The average Bonchev–Trinajstić information content (AvgIpc) is 0. The molecule has 4 heavy (non-hydrogen) atoms. The second kappa shape index (κ2) is 23.7. The van der Waals surface area contributed by atoms with E-state index in [2.05, 4.69) is 0 Å². The molecule has 0 aliphatic heterocycles. The topological polar surface area (TPSA) is 0 Å². The monoisotopic (exact) mass is 126 g/mol. The van der Waals surface area contributed by atoms with Crippen molar-refractivity contribution in [3.63, 3.8) is 0 Å². The van der Waals surface area contributed by atoms with Crippen LogP contribution < -0.4 is 24.8 Å². The van der Waals surface area contributed by atoms with Crippen molar-refractivity contribution in [2.45, 2.75) is 0 Å². The van der Waals surface area contributed by atoms with E-state index in [1.165, 1.54) is 0 Å². The van der Waals surface area contributed by atoms with Crippen molar-refractivity contribution in [1.29, 1.82) is 0 Å². The Hall–Kier alpha value is 1.56. The molecule has 0 radical (unpaired) electrons. The third kappa shape index (κ3) is 9.58. The number of hydrogen-bond acceptors (Lipinski definition) is 0. The molecule has 24 valence electrons. The van der Waals surface area contributed by atoms with Crippen LogP contribution in [0.2, 0.25) is 0 Å². The quantitative estimate of drug-likeness (QED) is 0.284. The van der Waals surface area contributed by atoms with Gasteiger partial charge in [-0.3, -0.25) is 0 Å². The molecule has 0 nitrogen and oxygen atoms in total. The van der Waals surface area contributed by atoms with Crippen molar-refractivity contribution in [2.75, 3.05) is 0 Å². The van der Waals surface area contributed by atoms with Gasteiger partial charge in [0.1, 0.15) is 0 Å². The Balaban J connectivity index is 0. The van der Waals surface area contributed by atoms with Gasteiger partial charge in [0.25, 0.3) is 0 Å². The zero-order valence-electron chi connectivity index (χ0n) is 1.46. The Morgan fingerprint density at radius 2 is 0.750 bits per heavy atom. The van der Waals surface area contributed by atoms with E-state index >= 15 is 0 Å². The van der Waals surface area contributed by atoms with Crippen LogP contribution in [0.1, 0.15) is 0 Å². The normalized spacial score (nSPS) is 0. The Kier molecular flexibility index (Phi) is 281. The minimum absolute atomic E-state index is 0. The Bertz CT molecular complexity index is 6.00. The summed E-state index contributed by atoms with van der Waals surface area (Å²) in [5.74, 6) is 0. The van der Waals surface area contributed by atoms with E-state index in [0.717, 1.165) is 0 Å². The van der Waals surface area contributed by atoms with Gasteiger partial charge in [0, 0.05) is 0 Å². The van der Waals surface area contributed by atoms with Gasteiger partial charge in [0.05, 0.1) is 0 Å². The summed E-state index contributed by atoms with van der Waals surface area (Å²) in [5.41, 5.74) is 0. The predicted octanol–water partition coefficient (Wildman–Crippen LogP) is -7.82. The van der Waals surface area contributed by atoms with Crippen LogP contribution >= 0.6 is 0 Å². The van der Waals surface area contributed by atoms with E-state index in [4.69, 9.17) is 0 Å². The van der Waals surface area contributed by atoms with Gasteiger partial charge in [-0.25, -0.2) is 0 Å². The van der Waals surface area contributed by atoms with E-state index in [0.29, 0.717) is 0 Å². The van der Waals surface area contributed by atoms with Crippen LogP contribution in [0.4, 0.5) is 0 Å². The van der Waals surface area contributed by atoms with Crippen LogP contribution in [0.5, 0.6) is 0 Å². The van der Waals surface area contributed by atoms with E-state index in [-0.39, 0.29) is 58.8 Å². The molecule has 0 aliphatic rings. The first kappa shape index (κ1) is 47.4. The molecule has 0 aromatic rings. The standard InChI is InChI=1S/2ClH.Mg.H4Si/h2*1H;;1H4/q;;+2;/p-2. The molecule has 0 bridgehead atoms. The Morgan fingerprint density at radius 3 is 0.750 bits per heavy atom. The zero-order chi connectivity index (χ0) is 0. The number of rotatable bonds is 0. The second-order valence-electron chi connectivity index (χ2n) is 0. The van der Waals surface area contributed by atoms with Crippen LogP contribution in [0, 0.1) is 0 Å². The van der Waals surface area contributed by atoms with Crippen LogP contribution in [-0.2, 0) is 0 Å². The van der Waals surface area contributed by atoms with Crippen molar-refractivity contribution >= 4 is 34.0 Å². The molecule has 0 saturated carbocycles. The summed E-state index contributed by atoms with van der Waals surface area (Å²) >= 11 is 0. The maximum atomic E-state index is 0. The molecule has 0 atom stereocenters. The van der Waals surface area contributed by atoms with Crippen molar-refractivity contribution in [3.8, 4) is 0 Å². The van der Waals surface area contributed by atoms with Crippen molar-refractivity contribution in [1.82, 2.24) is 0 Å². The fourth-order valence-corrected chi connectivity index (χ4v) is 0. The first-order valence-corrected chi connectivity index (χ1v) is 0. The summed E-state index contributed by atoms with van der Waals surface area (Å²) in [6.07, 6.45) is 0. The molecule has 0 fully saturated rings. The van der Waals surface area contributed by atoms with Gasteiger partial charge in [0.2, 0.25) is 0 Å².